The molecule has 5 nitrogen and oxygen atoms in total. The fourth-order valence-corrected chi connectivity index (χ4v) is 3.51. The van der Waals surface area contributed by atoms with E-state index in [1.807, 2.05) is 43.0 Å². The summed E-state index contributed by atoms with van der Waals surface area (Å²) in [6.07, 6.45) is 0.865. The van der Waals surface area contributed by atoms with Gasteiger partial charge in [0.2, 0.25) is 0 Å². The van der Waals surface area contributed by atoms with E-state index in [1.54, 1.807) is 12.1 Å². The van der Waals surface area contributed by atoms with Gasteiger partial charge in [-0.2, -0.15) is 11.8 Å². The number of anilines is 1. The summed E-state index contributed by atoms with van der Waals surface area (Å²) >= 11 is 1.91. The van der Waals surface area contributed by atoms with Crippen molar-refractivity contribution in [3.63, 3.8) is 0 Å². The van der Waals surface area contributed by atoms with E-state index in [4.69, 9.17) is 14.6 Å². The number of hydrogen-bond donors (Lipinski definition) is 2. The number of benzene rings is 2. The molecule has 1 atom stereocenters. The highest BCUT2D eigenvalue weighted by Gasteiger charge is 2.09. The zero-order valence-corrected chi connectivity index (χ0v) is 17.3. The molecule has 2 rings (SSSR count). The molecule has 0 aliphatic heterocycles. The van der Waals surface area contributed by atoms with Crippen molar-refractivity contribution in [2.75, 3.05) is 30.0 Å². The number of nitrogens with one attached hydrogen (secondary N) is 1. The molecule has 0 unspecified atom stereocenters. The molecule has 152 valence electrons. The minimum atomic E-state index is -1.06. The lowest BCUT2D eigenvalue weighted by atomic mass is 10.1. The van der Waals surface area contributed by atoms with Crippen LogP contribution in [0.15, 0.2) is 48.5 Å². The molecule has 0 spiro atoms. The van der Waals surface area contributed by atoms with E-state index in [0.717, 1.165) is 42.3 Å². The Bertz CT molecular complexity index is 703. The van der Waals surface area contributed by atoms with E-state index in [9.17, 15) is 4.79 Å². The minimum absolute atomic E-state index is 0.250. The first-order chi connectivity index (χ1) is 13.6. The summed E-state index contributed by atoms with van der Waals surface area (Å²) in [6, 6.07) is 15.5. The maximum absolute atomic E-state index is 10.6. The standard InChI is InChI=1S/C22H29NO4S/c1-3-26-21(16-28-4-2)15-18-7-11-20(12-8-18)27-14-13-17-5-9-19(10-6-17)23-22(24)25/h5-12,21,23H,3-4,13-16H2,1-2H3,(H,24,25)/t21-/m0/s1. The van der Waals surface area contributed by atoms with Crippen LogP contribution in [0, 0.1) is 0 Å². The van der Waals surface area contributed by atoms with Gasteiger partial charge in [0.1, 0.15) is 5.75 Å². The van der Waals surface area contributed by atoms with Crippen molar-refractivity contribution in [2.24, 2.45) is 0 Å². The Labute approximate surface area is 171 Å². The zero-order valence-electron chi connectivity index (χ0n) is 16.5. The highest BCUT2D eigenvalue weighted by Crippen LogP contribution is 2.17. The maximum Gasteiger partial charge on any atom is 0.409 e. The first kappa shape index (κ1) is 22.1. The van der Waals surface area contributed by atoms with E-state index < -0.39 is 6.09 Å². The number of amides is 1. The van der Waals surface area contributed by atoms with Gasteiger partial charge in [-0.05, 0) is 54.5 Å². The molecule has 2 aromatic rings. The second-order valence-corrected chi connectivity index (χ2v) is 7.63. The van der Waals surface area contributed by atoms with Crippen LogP contribution in [0.3, 0.4) is 0 Å². The van der Waals surface area contributed by atoms with Crippen molar-refractivity contribution in [2.45, 2.75) is 32.8 Å². The van der Waals surface area contributed by atoms with E-state index in [1.165, 1.54) is 5.56 Å². The summed E-state index contributed by atoms with van der Waals surface area (Å²) in [7, 11) is 0. The number of thioether (sulfide) groups is 1. The molecule has 0 saturated carbocycles. The van der Waals surface area contributed by atoms with E-state index in [0.29, 0.717) is 12.3 Å². The van der Waals surface area contributed by atoms with E-state index >= 15 is 0 Å². The second-order valence-electron chi connectivity index (χ2n) is 6.31. The van der Waals surface area contributed by atoms with Gasteiger partial charge in [-0.25, -0.2) is 4.79 Å². The third-order valence-corrected chi connectivity index (χ3v) is 5.18. The summed E-state index contributed by atoms with van der Waals surface area (Å²) in [6.45, 7) is 5.51. The Kier molecular flexibility index (Phi) is 9.72. The SMILES string of the molecule is CCO[C@H](CSCC)Cc1ccc(OCCc2ccc(NC(=O)O)cc2)cc1. The average Bonchev–Trinajstić information content (AvgIpc) is 2.68. The fourth-order valence-electron chi connectivity index (χ4n) is 2.80. The van der Waals surface area contributed by atoms with E-state index in [2.05, 4.69) is 24.4 Å². The Balaban J connectivity index is 1.78. The zero-order chi connectivity index (χ0) is 20.2. The highest BCUT2D eigenvalue weighted by molar-refractivity contribution is 7.99. The molecule has 0 aromatic heterocycles. The quantitative estimate of drug-likeness (QED) is 0.516. The van der Waals surface area contributed by atoms with Gasteiger partial charge in [0.25, 0.3) is 0 Å². The fraction of sp³-hybridized carbons (Fsp3) is 0.409. The van der Waals surface area contributed by atoms with Crippen LogP contribution < -0.4 is 10.1 Å². The predicted molar refractivity (Wildman–Crippen MR) is 116 cm³/mol. The van der Waals surface area contributed by atoms with Crippen LogP contribution >= 0.6 is 11.8 Å². The van der Waals surface area contributed by atoms with Gasteiger partial charge >= 0.3 is 6.09 Å². The highest BCUT2D eigenvalue weighted by atomic mass is 32.2. The van der Waals surface area contributed by atoms with Gasteiger partial charge in [-0.15, -0.1) is 0 Å². The van der Waals surface area contributed by atoms with Crippen LogP contribution in [0.25, 0.3) is 0 Å². The molecular weight excluding hydrogens is 374 g/mol. The van der Waals surface area contributed by atoms with Crippen LogP contribution in [0.4, 0.5) is 10.5 Å². The number of carboxylic acid groups (broad SMARTS) is 1. The Morgan fingerprint density at radius 3 is 2.36 bits per heavy atom. The Morgan fingerprint density at radius 2 is 1.75 bits per heavy atom. The van der Waals surface area contributed by atoms with Gasteiger partial charge in [-0.3, -0.25) is 5.32 Å². The molecule has 2 N–H and O–H groups in total. The third kappa shape index (κ3) is 8.23. The summed E-state index contributed by atoms with van der Waals surface area (Å²) in [5.41, 5.74) is 2.92. The molecule has 0 aliphatic carbocycles. The second kappa shape index (κ2) is 12.3. The molecule has 0 bridgehead atoms. The monoisotopic (exact) mass is 403 g/mol. The summed E-state index contributed by atoms with van der Waals surface area (Å²) in [4.78, 5) is 10.6. The minimum Gasteiger partial charge on any atom is -0.493 e. The molecule has 0 saturated heterocycles. The third-order valence-electron chi connectivity index (χ3n) is 4.16. The van der Waals surface area contributed by atoms with Gasteiger partial charge in [0.05, 0.1) is 12.7 Å². The molecule has 2 aromatic carbocycles. The number of rotatable bonds is 12. The number of carbonyl (C=O) groups is 1. The van der Waals surface area contributed by atoms with Crippen molar-refractivity contribution in [1.29, 1.82) is 0 Å². The van der Waals surface area contributed by atoms with Crippen molar-refractivity contribution in [3.05, 3.63) is 59.7 Å². The van der Waals surface area contributed by atoms with Crippen molar-refractivity contribution in [3.8, 4) is 5.75 Å². The van der Waals surface area contributed by atoms with Crippen molar-refractivity contribution >= 4 is 23.5 Å². The van der Waals surface area contributed by atoms with Crippen molar-refractivity contribution in [1.82, 2.24) is 0 Å². The van der Waals surface area contributed by atoms with Gasteiger partial charge < -0.3 is 14.6 Å². The molecule has 0 fully saturated rings. The van der Waals surface area contributed by atoms with Crippen LogP contribution in [-0.4, -0.2) is 42.0 Å². The Morgan fingerprint density at radius 1 is 1.07 bits per heavy atom. The van der Waals surface area contributed by atoms with Gasteiger partial charge in [-0.1, -0.05) is 31.2 Å². The largest absolute Gasteiger partial charge is 0.493 e. The smallest absolute Gasteiger partial charge is 0.409 e. The number of hydrogen-bond acceptors (Lipinski definition) is 4. The summed E-state index contributed by atoms with van der Waals surface area (Å²) < 4.78 is 11.7. The Hall–Kier alpha value is -2.18. The van der Waals surface area contributed by atoms with Gasteiger partial charge in [0.15, 0.2) is 0 Å². The first-order valence-electron chi connectivity index (χ1n) is 9.60. The molecule has 0 radical (unpaired) electrons. The average molecular weight is 404 g/mol. The number of ether oxygens (including phenoxy) is 2. The maximum atomic E-state index is 10.6. The lowest BCUT2D eigenvalue weighted by Gasteiger charge is -2.16. The normalized spacial score (nSPS) is 11.8. The van der Waals surface area contributed by atoms with Crippen molar-refractivity contribution < 1.29 is 19.4 Å². The molecular formula is C22H29NO4S. The first-order valence-corrected chi connectivity index (χ1v) is 10.8. The summed E-state index contributed by atoms with van der Waals surface area (Å²) in [5.74, 6) is 2.97. The molecule has 28 heavy (non-hydrogen) atoms. The summed E-state index contributed by atoms with van der Waals surface area (Å²) in [5, 5.41) is 11.0. The van der Waals surface area contributed by atoms with Crippen LogP contribution in [0.1, 0.15) is 25.0 Å². The topological polar surface area (TPSA) is 67.8 Å². The van der Waals surface area contributed by atoms with Crippen LogP contribution in [0.2, 0.25) is 0 Å². The molecule has 1 amide bonds. The lowest BCUT2D eigenvalue weighted by Crippen LogP contribution is -2.19. The molecule has 6 heteroatoms. The van der Waals surface area contributed by atoms with Crippen LogP contribution in [0.5, 0.6) is 5.75 Å². The predicted octanol–water partition coefficient (Wildman–Crippen LogP) is 5.10. The molecule has 0 aliphatic rings. The van der Waals surface area contributed by atoms with Crippen LogP contribution in [-0.2, 0) is 17.6 Å². The lowest BCUT2D eigenvalue weighted by molar-refractivity contribution is 0.0801. The molecule has 0 heterocycles. The van der Waals surface area contributed by atoms with Gasteiger partial charge in [0, 0.05) is 24.5 Å². The van der Waals surface area contributed by atoms with E-state index in [-0.39, 0.29) is 6.10 Å².